The van der Waals surface area contributed by atoms with Gasteiger partial charge in [0, 0.05) is 17.4 Å². The summed E-state index contributed by atoms with van der Waals surface area (Å²) in [7, 11) is 0. The molecule has 2 aromatic carbocycles. The number of amides is 1. The second-order valence-electron chi connectivity index (χ2n) is 4.88. The van der Waals surface area contributed by atoms with Crippen molar-refractivity contribution >= 4 is 22.4 Å². The Hall–Kier alpha value is -2.66. The highest BCUT2D eigenvalue weighted by atomic mass is 32.1. The number of nitrogens with one attached hydrogen (secondary N) is 1. The Morgan fingerprint density at radius 1 is 1.09 bits per heavy atom. The van der Waals surface area contributed by atoms with Crippen LogP contribution in [0.4, 0.5) is 5.13 Å². The smallest absolute Gasteiger partial charge is 0.225 e. The highest BCUT2D eigenvalue weighted by Crippen LogP contribution is 2.28. The molecule has 0 atom stereocenters. The van der Waals surface area contributed by atoms with Gasteiger partial charge in [0.1, 0.15) is 11.5 Å². The fourth-order valence-corrected chi connectivity index (χ4v) is 2.73. The van der Waals surface area contributed by atoms with Crippen LogP contribution in [-0.4, -0.2) is 10.9 Å². The number of hydrogen-bond donors (Lipinski definition) is 1. The number of thiazole rings is 1. The zero-order chi connectivity index (χ0) is 16.1. The number of benzene rings is 2. The molecule has 0 saturated heterocycles. The van der Waals surface area contributed by atoms with Gasteiger partial charge in [0.05, 0.1) is 5.69 Å². The van der Waals surface area contributed by atoms with Gasteiger partial charge in [-0.3, -0.25) is 4.79 Å². The molecule has 1 N–H and O–H groups in total. The number of aromatic nitrogens is 1. The first kappa shape index (κ1) is 15.2. The summed E-state index contributed by atoms with van der Waals surface area (Å²) < 4.78 is 5.77. The molecule has 4 nitrogen and oxygen atoms in total. The summed E-state index contributed by atoms with van der Waals surface area (Å²) in [6.45, 7) is 1.81. The molecule has 0 fully saturated rings. The second kappa shape index (κ2) is 7.07. The predicted octanol–water partition coefficient (Wildman–Crippen LogP) is 4.95. The van der Waals surface area contributed by atoms with Crippen LogP contribution in [0.2, 0.25) is 0 Å². The number of hydrogen-bond acceptors (Lipinski definition) is 4. The van der Waals surface area contributed by atoms with Crippen molar-refractivity contribution in [3.05, 3.63) is 60.0 Å². The maximum Gasteiger partial charge on any atom is 0.225 e. The topological polar surface area (TPSA) is 51.2 Å². The molecule has 5 heteroatoms. The van der Waals surface area contributed by atoms with Gasteiger partial charge in [-0.25, -0.2) is 4.98 Å². The fraction of sp³-hybridized carbons (Fsp3) is 0.111. The summed E-state index contributed by atoms with van der Waals surface area (Å²) in [4.78, 5) is 15.8. The minimum absolute atomic E-state index is 0.0301. The van der Waals surface area contributed by atoms with E-state index in [4.69, 9.17) is 4.74 Å². The summed E-state index contributed by atoms with van der Waals surface area (Å²) in [5.41, 5.74) is 1.83. The van der Waals surface area contributed by atoms with Gasteiger partial charge in [-0.2, -0.15) is 0 Å². The number of nitrogens with zero attached hydrogens (tertiary/aromatic N) is 1. The number of para-hydroxylation sites is 1. The Kier molecular flexibility index (Phi) is 4.68. The fourth-order valence-electron chi connectivity index (χ4n) is 1.99. The van der Waals surface area contributed by atoms with Crippen LogP contribution in [0.1, 0.15) is 13.3 Å². The Labute approximate surface area is 138 Å². The normalized spacial score (nSPS) is 10.3. The molecule has 3 aromatic rings. The van der Waals surface area contributed by atoms with Crippen LogP contribution in [0, 0.1) is 0 Å². The van der Waals surface area contributed by atoms with E-state index in [1.807, 2.05) is 66.9 Å². The average Bonchev–Trinajstić information content (AvgIpc) is 3.05. The lowest BCUT2D eigenvalue weighted by Crippen LogP contribution is -2.08. The molecule has 1 heterocycles. The van der Waals surface area contributed by atoms with E-state index in [9.17, 15) is 4.79 Å². The summed E-state index contributed by atoms with van der Waals surface area (Å²) in [6.07, 6.45) is 0.445. The molecule has 3 rings (SSSR count). The third kappa shape index (κ3) is 3.96. The summed E-state index contributed by atoms with van der Waals surface area (Å²) >= 11 is 1.42. The molecule has 0 spiro atoms. The highest BCUT2D eigenvalue weighted by Gasteiger charge is 2.07. The molecule has 0 unspecified atom stereocenters. The van der Waals surface area contributed by atoms with Crippen molar-refractivity contribution in [1.82, 2.24) is 4.98 Å². The molecule has 0 saturated carbocycles. The van der Waals surface area contributed by atoms with Crippen LogP contribution in [0.15, 0.2) is 60.0 Å². The average molecular weight is 324 g/mol. The van der Waals surface area contributed by atoms with Gasteiger partial charge in [-0.15, -0.1) is 11.3 Å². The second-order valence-corrected chi connectivity index (χ2v) is 5.74. The minimum atomic E-state index is -0.0301. The van der Waals surface area contributed by atoms with Gasteiger partial charge in [-0.1, -0.05) is 25.1 Å². The van der Waals surface area contributed by atoms with Gasteiger partial charge >= 0.3 is 0 Å². The molecule has 0 bridgehead atoms. The molecular weight excluding hydrogens is 308 g/mol. The predicted molar refractivity (Wildman–Crippen MR) is 93.0 cm³/mol. The van der Waals surface area contributed by atoms with Crippen molar-refractivity contribution in [1.29, 1.82) is 0 Å². The number of anilines is 1. The minimum Gasteiger partial charge on any atom is -0.457 e. The lowest BCUT2D eigenvalue weighted by Gasteiger charge is -2.05. The van der Waals surface area contributed by atoms with E-state index in [1.54, 1.807) is 0 Å². The Morgan fingerprint density at radius 3 is 2.48 bits per heavy atom. The maximum atomic E-state index is 11.4. The van der Waals surface area contributed by atoms with E-state index >= 15 is 0 Å². The first-order valence-corrected chi connectivity index (χ1v) is 8.21. The molecule has 23 heavy (non-hydrogen) atoms. The standard InChI is InChI=1S/C18H16N2O2S/c1-2-17(21)20-18-19-16(12-23-18)13-8-10-15(11-9-13)22-14-6-4-3-5-7-14/h3-12H,2H2,1H3,(H,19,20,21). The van der Waals surface area contributed by atoms with Crippen molar-refractivity contribution in [2.24, 2.45) is 0 Å². The van der Waals surface area contributed by atoms with Crippen LogP contribution in [-0.2, 0) is 4.79 Å². The molecule has 0 aliphatic heterocycles. The third-order valence-corrected chi connectivity index (χ3v) is 3.96. The number of carbonyl (C=O) groups excluding carboxylic acids is 1. The number of rotatable bonds is 5. The molecule has 0 aliphatic rings. The van der Waals surface area contributed by atoms with Gasteiger partial charge in [-0.05, 0) is 36.4 Å². The van der Waals surface area contributed by atoms with Crippen LogP contribution in [0.3, 0.4) is 0 Å². The van der Waals surface area contributed by atoms with Crippen molar-refractivity contribution < 1.29 is 9.53 Å². The van der Waals surface area contributed by atoms with Gasteiger partial charge in [0.2, 0.25) is 5.91 Å². The summed E-state index contributed by atoms with van der Waals surface area (Å²) in [5, 5.41) is 5.32. The zero-order valence-corrected chi connectivity index (χ0v) is 13.5. The number of ether oxygens (including phenoxy) is 1. The zero-order valence-electron chi connectivity index (χ0n) is 12.7. The Bertz CT molecular complexity index is 782. The molecule has 0 radical (unpaired) electrons. The van der Waals surface area contributed by atoms with E-state index < -0.39 is 0 Å². The van der Waals surface area contributed by atoms with E-state index in [2.05, 4.69) is 10.3 Å². The van der Waals surface area contributed by atoms with Crippen LogP contribution in [0.25, 0.3) is 11.3 Å². The van der Waals surface area contributed by atoms with Crippen molar-refractivity contribution in [2.45, 2.75) is 13.3 Å². The molecular formula is C18H16N2O2S. The van der Waals surface area contributed by atoms with E-state index in [1.165, 1.54) is 11.3 Å². The van der Waals surface area contributed by atoms with Crippen molar-refractivity contribution in [3.63, 3.8) is 0 Å². The molecule has 0 aliphatic carbocycles. The Morgan fingerprint density at radius 2 is 1.78 bits per heavy atom. The molecule has 116 valence electrons. The lowest BCUT2D eigenvalue weighted by molar-refractivity contribution is -0.115. The summed E-state index contributed by atoms with van der Waals surface area (Å²) in [6, 6.07) is 17.4. The van der Waals surface area contributed by atoms with Crippen molar-refractivity contribution in [3.8, 4) is 22.8 Å². The third-order valence-electron chi connectivity index (χ3n) is 3.20. The monoisotopic (exact) mass is 324 g/mol. The SMILES string of the molecule is CCC(=O)Nc1nc(-c2ccc(Oc3ccccc3)cc2)cs1. The lowest BCUT2D eigenvalue weighted by atomic mass is 10.2. The highest BCUT2D eigenvalue weighted by molar-refractivity contribution is 7.14. The van der Waals surface area contributed by atoms with Gasteiger partial charge < -0.3 is 10.1 Å². The summed E-state index contributed by atoms with van der Waals surface area (Å²) in [5.74, 6) is 1.55. The largest absolute Gasteiger partial charge is 0.457 e. The Balaban J connectivity index is 1.71. The van der Waals surface area contributed by atoms with E-state index in [0.717, 1.165) is 22.8 Å². The van der Waals surface area contributed by atoms with Crippen LogP contribution < -0.4 is 10.1 Å². The first-order valence-electron chi connectivity index (χ1n) is 7.33. The molecule has 1 aromatic heterocycles. The maximum absolute atomic E-state index is 11.4. The number of carbonyl (C=O) groups is 1. The first-order chi connectivity index (χ1) is 11.2. The van der Waals surface area contributed by atoms with Gasteiger partial charge in [0.15, 0.2) is 5.13 Å². The molecule has 1 amide bonds. The van der Waals surface area contributed by atoms with E-state index in [0.29, 0.717) is 11.6 Å². The van der Waals surface area contributed by atoms with Crippen LogP contribution >= 0.6 is 11.3 Å². The quantitative estimate of drug-likeness (QED) is 0.722. The van der Waals surface area contributed by atoms with Crippen molar-refractivity contribution in [2.75, 3.05) is 5.32 Å². The van der Waals surface area contributed by atoms with Crippen LogP contribution in [0.5, 0.6) is 11.5 Å². The van der Waals surface area contributed by atoms with E-state index in [-0.39, 0.29) is 5.91 Å². The van der Waals surface area contributed by atoms with Gasteiger partial charge in [0.25, 0.3) is 0 Å².